The molecule has 3 nitrogen and oxygen atoms in total. The Labute approximate surface area is 97.9 Å². The molecule has 0 aromatic carbocycles. The monoisotopic (exact) mass is 219 g/mol. The third-order valence-electron chi connectivity index (χ3n) is 3.32. The average Bonchev–Trinajstić information content (AvgIpc) is 2.78. The fraction of sp³-hybridized carbons (Fsp3) is 0.615. The molecule has 1 aromatic heterocycles. The van der Waals surface area contributed by atoms with E-state index >= 15 is 0 Å². The molecule has 0 saturated carbocycles. The topological polar surface area (TPSA) is 28.2 Å². The van der Waals surface area contributed by atoms with Crippen LogP contribution in [0.5, 0.6) is 0 Å². The molecule has 1 saturated heterocycles. The van der Waals surface area contributed by atoms with Crippen molar-refractivity contribution in [1.82, 2.24) is 15.2 Å². The van der Waals surface area contributed by atoms with E-state index in [0.29, 0.717) is 0 Å². The summed E-state index contributed by atoms with van der Waals surface area (Å²) in [4.78, 5) is 6.87. The van der Waals surface area contributed by atoms with Crippen LogP contribution in [0.15, 0.2) is 24.4 Å². The molecule has 0 bridgehead atoms. The second-order valence-corrected chi connectivity index (χ2v) is 4.38. The summed E-state index contributed by atoms with van der Waals surface area (Å²) in [5, 5.41) is 3.50. The summed E-state index contributed by atoms with van der Waals surface area (Å²) in [6.45, 7) is 6.67. The number of nitrogens with one attached hydrogen (secondary N) is 1. The molecule has 1 aliphatic rings. The van der Waals surface area contributed by atoms with Crippen molar-refractivity contribution in [2.24, 2.45) is 0 Å². The first-order chi connectivity index (χ1) is 7.90. The average molecular weight is 219 g/mol. The van der Waals surface area contributed by atoms with Gasteiger partial charge in [-0.25, -0.2) is 0 Å². The molecule has 1 atom stereocenters. The number of rotatable bonds is 5. The van der Waals surface area contributed by atoms with Crippen LogP contribution in [-0.2, 0) is 6.54 Å². The summed E-state index contributed by atoms with van der Waals surface area (Å²) in [7, 11) is 0. The van der Waals surface area contributed by atoms with Crippen LogP contribution in [-0.4, -0.2) is 35.6 Å². The third kappa shape index (κ3) is 3.03. The second-order valence-electron chi connectivity index (χ2n) is 4.38. The normalized spacial score (nSPS) is 21.4. The van der Waals surface area contributed by atoms with Crippen LogP contribution in [0.2, 0.25) is 0 Å². The lowest BCUT2D eigenvalue weighted by Gasteiger charge is -2.22. The van der Waals surface area contributed by atoms with Crippen LogP contribution < -0.4 is 5.32 Å². The molecular formula is C13H21N3. The van der Waals surface area contributed by atoms with Gasteiger partial charge in [-0.2, -0.15) is 0 Å². The summed E-state index contributed by atoms with van der Waals surface area (Å²) in [5.74, 6) is 0. The first kappa shape index (κ1) is 11.6. The molecule has 1 aliphatic heterocycles. The van der Waals surface area contributed by atoms with Crippen molar-refractivity contribution in [3.8, 4) is 0 Å². The number of hydrogen-bond donors (Lipinski definition) is 1. The van der Waals surface area contributed by atoms with E-state index in [2.05, 4.69) is 28.2 Å². The maximum atomic E-state index is 4.31. The van der Waals surface area contributed by atoms with Crippen LogP contribution in [0.3, 0.4) is 0 Å². The van der Waals surface area contributed by atoms with Crippen LogP contribution in [0.4, 0.5) is 0 Å². The Bertz CT molecular complexity index is 299. The molecule has 0 spiro atoms. The molecule has 3 heteroatoms. The Morgan fingerprint density at radius 3 is 3.19 bits per heavy atom. The maximum Gasteiger partial charge on any atom is 0.0541 e. The molecule has 0 radical (unpaired) electrons. The van der Waals surface area contributed by atoms with E-state index in [-0.39, 0.29) is 0 Å². The number of hydrogen-bond acceptors (Lipinski definition) is 3. The van der Waals surface area contributed by atoms with Crippen LogP contribution >= 0.6 is 0 Å². The first-order valence-electron chi connectivity index (χ1n) is 6.25. The van der Waals surface area contributed by atoms with Gasteiger partial charge in [0.1, 0.15) is 0 Å². The van der Waals surface area contributed by atoms with Crippen molar-refractivity contribution in [3.05, 3.63) is 30.1 Å². The number of pyridine rings is 1. The van der Waals surface area contributed by atoms with Crippen LogP contribution in [0.1, 0.15) is 25.5 Å². The van der Waals surface area contributed by atoms with E-state index in [1.807, 2.05) is 18.3 Å². The van der Waals surface area contributed by atoms with Gasteiger partial charge < -0.3 is 5.32 Å². The molecule has 0 amide bonds. The molecule has 0 unspecified atom stereocenters. The van der Waals surface area contributed by atoms with Gasteiger partial charge in [-0.15, -0.1) is 0 Å². The maximum absolute atomic E-state index is 4.31. The predicted molar refractivity (Wildman–Crippen MR) is 66.2 cm³/mol. The Balaban J connectivity index is 1.72. The second kappa shape index (κ2) is 5.97. The minimum atomic E-state index is 0.730. The SMILES string of the molecule is CCN1CCC[C@H]1CNCc1ccccn1. The third-order valence-corrected chi connectivity index (χ3v) is 3.32. The van der Waals surface area contributed by atoms with Gasteiger partial charge >= 0.3 is 0 Å². The van der Waals surface area contributed by atoms with E-state index in [4.69, 9.17) is 0 Å². The molecule has 2 rings (SSSR count). The first-order valence-corrected chi connectivity index (χ1v) is 6.25. The smallest absolute Gasteiger partial charge is 0.0541 e. The highest BCUT2D eigenvalue weighted by Crippen LogP contribution is 2.15. The van der Waals surface area contributed by atoms with E-state index in [9.17, 15) is 0 Å². The Hall–Kier alpha value is -0.930. The van der Waals surface area contributed by atoms with Gasteiger partial charge in [0.15, 0.2) is 0 Å². The van der Waals surface area contributed by atoms with Crippen molar-refractivity contribution in [2.75, 3.05) is 19.6 Å². The van der Waals surface area contributed by atoms with Gasteiger partial charge in [0.2, 0.25) is 0 Å². The van der Waals surface area contributed by atoms with Gasteiger partial charge in [-0.05, 0) is 38.1 Å². The summed E-state index contributed by atoms with van der Waals surface area (Å²) in [6, 6.07) is 6.80. The van der Waals surface area contributed by atoms with E-state index in [0.717, 1.165) is 24.8 Å². The summed E-state index contributed by atoms with van der Waals surface area (Å²) in [6.07, 6.45) is 4.54. The molecule has 2 heterocycles. The minimum absolute atomic E-state index is 0.730. The number of aromatic nitrogens is 1. The van der Waals surface area contributed by atoms with E-state index in [1.54, 1.807) is 0 Å². The van der Waals surface area contributed by atoms with Gasteiger partial charge in [-0.3, -0.25) is 9.88 Å². The molecule has 1 fully saturated rings. The summed E-state index contributed by atoms with van der Waals surface area (Å²) < 4.78 is 0. The quantitative estimate of drug-likeness (QED) is 0.816. The predicted octanol–water partition coefficient (Wildman–Crippen LogP) is 1.66. The molecule has 1 aromatic rings. The Morgan fingerprint density at radius 2 is 2.44 bits per heavy atom. The van der Waals surface area contributed by atoms with Gasteiger partial charge in [0.05, 0.1) is 5.69 Å². The lowest BCUT2D eigenvalue weighted by molar-refractivity contribution is 0.259. The fourth-order valence-electron chi connectivity index (χ4n) is 2.41. The van der Waals surface area contributed by atoms with Crippen molar-refractivity contribution in [3.63, 3.8) is 0 Å². The number of nitrogens with zero attached hydrogens (tertiary/aromatic N) is 2. The fourth-order valence-corrected chi connectivity index (χ4v) is 2.41. The van der Waals surface area contributed by atoms with Gasteiger partial charge in [0, 0.05) is 25.3 Å². The van der Waals surface area contributed by atoms with Crippen LogP contribution in [0, 0.1) is 0 Å². The zero-order valence-electron chi connectivity index (χ0n) is 10.0. The van der Waals surface area contributed by atoms with E-state index < -0.39 is 0 Å². The molecular weight excluding hydrogens is 198 g/mol. The Kier molecular flexibility index (Phi) is 4.31. The highest BCUT2D eigenvalue weighted by atomic mass is 15.2. The van der Waals surface area contributed by atoms with Crippen molar-refractivity contribution >= 4 is 0 Å². The van der Waals surface area contributed by atoms with Crippen molar-refractivity contribution in [2.45, 2.75) is 32.4 Å². The zero-order chi connectivity index (χ0) is 11.2. The molecule has 1 N–H and O–H groups in total. The minimum Gasteiger partial charge on any atom is -0.310 e. The van der Waals surface area contributed by atoms with E-state index in [1.165, 1.54) is 25.9 Å². The lowest BCUT2D eigenvalue weighted by Crippen LogP contribution is -2.37. The standard InChI is InChI=1S/C13H21N3/c1-2-16-9-5-7-13(16)11-14-10-12-6-3-4-8-15-12/h3-4,6,8,13-14H,2,5,7,9-11H2,1H3/t13-/m0/s1. The molecule has 88 valence electrons. The number of likely N-dealkylation sites (N-methyl/N-ethyl adjacent to an activating group) is 1. The molecule has 16 heavy (non-hydrogen) atoms. The summed E-state index contributed by atoms with van der Waals surface area (Å²) >= 11 is 0. The zero-order valence-corrected chi connectivity index (χ0v) is 10.0. The largest absolute Gasteiger partial charge is 0.310 e. The Morgan fingerprint density at radius 1 is 1.50 bits per heavy atom. The van der Waals surface area contributed by atoms with Crippen LogP contribution in [0.25, 0.3) is 0 Å². The lowest BCUT2D eigenvalue weighted by atomic mass is 10.2. The van der Waals surface area contributed by atoms with Gasteiger partial charge in [0.25, 0.3) is 0 Å². The van der Waals surface area contributed by atoms with Gasteiger partial charge in [-0.1, -0.05) is 13.0 Å². The highest BCUT2D eigenvalue weighted by Gasteiger charge is 2.21. The number of likely N-dealkylation sites (tertiary alicyclic amines) is 1. The van der Waals surface area contributed by atoms with Crippen molar-refractivity contribution < 1.29 is 0 Å². The van der Waals surface area contributed by atoms with Crippen molar-refractivity contribution in [1.29, 1.82) is 0 Å². The highest BCUT2D eigenvalue weighted by molar-refractivity contribution is 5.03. The summed E-state index contributed by atoms with van der Waals surface area (Å²) in [5.41, 5.74) is 1.13. The molecule has 0 aliphatic carbocycles.